The largest absolute Gasteiger partial charge is 0.463 e. The van der Waals surface area contributed by atoms with Gasteiger partial charge in [0.25, 0.3) is 5.69 Å². The number of nitro benzene ring substituents is 1. The van der Waals surface area contributed by atoms with Gasteiger partial charge in [0.1, 0.15) is 12.7 Å². The summed E-state index contributed by atoms with van der Waals surface area (Å²) in [6, 6.07) is 9.82. The van der Waals surface area contributed by atoms with E-state index in [1.54, 1.807) is 16.8 Å². The van der Waals surface area contributed by atoms with Crippen LogP contribution in [0.5, 0.6) is 5.75 Å². The first-order chi connectivity index (χ1) is 20.3. The van der Waals surface area contributed by atoms with Crippen LogP contribution in [-0.4, -0.2) is 70.7 Å². The molecule has 1 aromatic heterocycles. The smallest absolute Gasteiger partial charge is 0.303 e. The summed E-state index contributed by atoms with van der Waals surface area (Å²) >= 11 is 0. The van der Waals surface area contributed by atoms with Gasteiger partial charge in [-0.25, -0.2) is 4.39 Å². The third kappa shape index (κ3) is 7.24. The number of nitrogens with zero attached hydrogens (tertiary/aromatic N) is 2. The van der Waals surface area contributed by atoms with Crippen molar-refractivity contribution in [2.24, 2.45) is 0 Å². The van der Waals surface area contributed by atoms with Crippen LogP contribution in [0.1, 0.15) is 27.7 Å². The Kier molecular flexibility index (Phi) is 9.24. The van der Waals surface area contributed by atoms with Crippen molar-refractivity contribution in [3.8, 4) is 11.4 Å². The molecule has 4 rings (SSSR count). The number of benzene rings is 2. The van der Waals surface area contributed by atoms with Gasteiger partial charge in [-0.2, -0.15) is 0 Å². The SMILES string of the molecule is CC(=O)OCC1O[C@H](Oc2ccc(-n3ccc4cc([N+](=O)[O-])ccc43)cc2F)[C@H](OC(C)=O)C(OC(C)=O)[C@@H]1OC(C)=O. The molecule has 2 unspecified atom stereocenters. The Morgan fingerprint density at radius 1 is 0.884 bits per heavy atom. The van der Waals surface area contributed by atoms with E-state index in [0.29, 0.717) is 16.6 Å². The average Bonchev–Trinajstić information content (AvgIpc) is 3.34. The molecule has 0 N–H and O–H groups in total. The standard InChI is InChI=1S/C28H27FN2O12/c1-14(32)38-13-24-25(39-15(2)33)26(40-16(3)34)27(41-17(4)35)28(43-24)42-23-8-6-19(12-21(23)29)30-10-9-18-11-20(31(36)37)5-7-22(18)30/h5-12,24-28H,13H2,1-4H3/t24?,25-,26?,27-,28+/m1/s1. The minimum absolute atomic E-state index is 0.0926. The number of hydrogen-bond donors (Lipinski definition) is 0. The maximum atomic E-state index is 15.4. The molecule has 5 atom stereocenters. The van der Waals surface area contributed by atoms with Crippen LogP contribution in [-0.2, 0) is 42.9 Å². The van der Waals surface area contributed by atoms with E-state index in [4.69, 9.17) is 28.4 Å². The highest BCUT2D eigenvalue weighted by Crippen LogP contribution is 2.33. The first-order valence-corrected chi connectivity index (χ1v) is 12.9. The summed E-state index contributed by atoms with van der Waals surface area (Å²) in [5, 5.41) is 11.7. The second kappa shape index (κ2) is 12.9. The first-order valence-electron chi connectivity index (χ1n) is 12.9. The summed E-state index contributed by atoms with van der Waals surface area (Å²) in [6.07, 6.45) is -5.69. The zero-order valence-corrected chi connectivity index (χ0v) is 23.4. The Morgan fingerprint density at radius 2 is 1.53 bits per heavy atom. The Bertz CT molecular complexity index is 1570. The zero-order chi connectivity index (χ0) is 31.4. The number of halogens is 1. The van der Waals surface area contributed by atoms with Gasteiger partial charge in [-0.1, -0.05) is 0 Å². The topological polar surface area (TPSA) is 172 Å². The molecule has 2 aromatic carbocycles. The van der Waals surface area contributed by atoms with Gasteiger partial charge in [-0.3, -0.25) is 29.3 Å². The van der Waals surface area contributed by atoms with Crippen LogP contribution in [0.25, 0.3) is 16.6 Å². The van der Waals surface area contributed by atoms with Crippen molar-refractivity contribution >= 4 is 40.5 Å². The Hall–Kier alpha value is -5.05. The minimum atomic E-state index is -1.62. The molecule has 2 heterocycles. The van der Waals surface area contributed by atoms with E-state index in [-0.39, 0.29) is 11.4 Å². The van der Waals surface area contributed by atoms with Gasteiger partial charge in [0.2, 0.25) is 12.4 Å². The summed E-state index contributed by atoms with van der Waals surface area (Å²) in [5.41, 5.74) is 0.846. The van der Waals surface area contributed by atoms with E-state index in [9.17, 15) is 29.3 Å². The molecule has 1 aliphatic rings. The number of carbonyl (C=O) groups is 4. The molecule has 43 heavy (non-hydrogen) atoms. The molecule has 0 saturated carbocycles. The van der Waals surface area contributed by atoms with Crippen LogP contribution in [0.4, 0.5) is 10.1 Å². The third-order valence-corrected chi connectivity index (χ3v) is 6.27. The van der Waals surface area contributed by atoms with Crippen LogP contribution in [0, 0.1) is 15.9 Å². The predicted octanol–water partition coefficient (Wildman–Crippen LogP) is 3.14. The molecule has 3 aromatic rings. The normalized spacial score (nSPS) is 21.5. The van der Waals surface area contributed by atoms with Crippen LogP contribution < -0.4 is 4.74 Å². The van der Waals surface area contributed by atoms with Crippen molar-refractivity contribution in [3.05, 3.63) is 64.6 Å². The van der Waals surface area contributed by atoms with E-state index in [1.807, 2.05) is 0 Å². The number of hydrogen-bond acceptors (Lipinski definition) is 12. The third-order valence-electron chi connectivity index (χ3n) is 6.27. The molecule has 0 radical (unpaired) electrons. The lowest BCUT2D eigenvalue weighted by Gasteiger charge is -2.43. The minimum Gasteiger partial charge on any atom is -0.463 e. The van der Waals surface area contributed by atoms with Gasteiger partial charge in [0.05, 0.1) is 10.4 Å². The molecule has 0 amide bonds. The van der Waals surface area contributed by atoms with Crippen LogP contribution in [0.3, 0.4) is 0 Å². The molecule has 0 spiro atoms. The number of fused-ring (bicyclic) bond motifs is 1. The van der Waals surface area contributed by atoms with Crippen molar-refractivity contribution < 1.29 is 56.9 Å². The number of nitro groups is 1. The van der Waals surface area contributed by atoms with Gasteiger partial charge >= 0.3 is 23.9 Å². The van der Waals surface area contributed by atoms with Gasteiger partial charge in [-0.15, -0.1) is 0 Å². The fraction of sp³-hybridized carbons (Fsp3) is 0.357. The van der Waals surface area contributed by atoms with Crippen LogP contribution in [0.15, 0.2) is 48.7 Å². The average molecular weight is 603 g/mol. The highest BCUT2D eigenvalue weighted by Gasteiger charge is 2.53. The fourth-order valence-electron chi connectivity index (χ4n) is 4.61. The number of esters is 4. The second-order valence-electron chi connectivity index (χ2n) is 9.49. The highest BCUT2D eigenvalue weighted by molar-refractivity contribution is 5.84. The summed E-state index contributed by atoms with van der Waals surface area (Å²) in [4.78, 5) is 58.0. The quantitative estimate of drug-likeness (QED) is 0.152. The van der Waals surface area contributed by atoms with E-state index >= 15 is 4.39 Å². The Labute approximate surface area is 243 Å². The molecule has 1 saturated heterocycles. The number of aromatic nitrogens is 1. The van der Waals surface area contributed by atoms with Crippen molar-refractivity contribution in [2.45, 2.75) is 58.4 Å². The molecule has 0 bridgehead atoms. The van der Waals surface area contributed by atoms with Crippen molar-refractivity contribution in [1.82, 2.24) is 4.57 Å². The van der Waals surface area contributed by atoms with Crippen molar-refractivity contribution in [2.75, 3.05) is 6.61 Å². The number of rotatable bonds is 9. The summed E-state index contributed by atoms with van der Waals surface area (Å²) in [6.45, 7) is 3.89. The van der Waals surface area contributed by atoms with Gasteiger partial charge in [0.15, 0.2) is 23.8 Å². The highest BCUT2D eigenvalue weighted by atomic mass is 19.1. The molecule has 1 fully saturated rings. The number of ether oxygens (including phenoxy) is 6. The van der Waals surface area contributed by atoms with E-state index in [0.717, 1.165) is 33.8 Å². The number of non-ortho nitro benzene ring substituents is 1. The van der Waals surface area contributed by atoms with E-state index in [1.165, 1.54) is 30.3 Å². The first kappa shape index (κ1) is 30.9. The lowest BCUT2D eigenvalue weighted by molar-refractivity contribution is -0.384. The molecule has 228 valence electrons. The van der Waals surface area contributed by atoms with Crippen molar-refractivity contribution in [1.29, 1.82) is 0 Å². The predicted molar refractivity (Wildman–Crippen MR) is 142 cm³/mol. The molecule has 15 heteroatoms. The van der Waals surface area contributed by atoms with Gasteiger partial charge in [-0.05, 0) is 24.3 Å². The maximum absolute atomic E-state index is 15.4. The lowest BCUT2D eigenvalue weighted by atomic mass is 9.98. The van der Waals surface area contributed by atoms with Crippen molar-refractivity contribution in [3.63, 3.8) is 0 Å². The summed E-state index contributed by atoms with van der Waals surface area (Å²) in [5.74, 6) is -4.37. The number of carbonyl (C=O) groups excluding carboxylic acids is 4. The molecule has 14 nitrogen and oxygen atoms in total. The molecule has 1 aliphatic heterocycles. The monoisotopic (exact) mass is 602 g/mol. The lowest BCUT2D eigenvalue weighted by Crippen LogP contribution is -2.63. The Morgan fingerprint density at radius 3 is 2.14 bits per heavy atom. The zero-order valence-electron chi connectivity index (χ0n) is 23.4. The Balaban J connectivity index is 1.68. The summed E-state index contributed by atoms with van der Waals surface area (Å²) < 4.78 is 49.7. The fourth-order valence-corrected chi connectivity index (χ4v) is 4.61. The van der Waals surface area contributed by atoms with Crippen LogP contribution in [0.2, 0.25) is 0 Å². The van der Waals surface area contributed by atoms with E-state index < -0.39 is 71.9 Å². The maximum Gasteiger partial charge on any atom is 0.303 e. The van der Waals surface area contributed by atoms with Gasteiger partial charge in [0, 0.05) is 63.2 Å². The molecular formula is C28H27FN2O12. The molecular weight excluding hydrogens is 575 g/mol. The molecule has 0 aliphatic carbocycles. The van der Waals surface area contributed by atoms with Gasteiger partial charge < -0.3 is 33.0 Å². The second-order valence-corrected chi connectivity index (χ2v) is 9.49. The van der Waals surface area contributed by atoms with E-state index in [2.05, 4.69) is 0 Å². The summed E-state index contributed by atoms with van der Waals surface area (Å²) in [7, 11) is 0. The van der Waals surface area contributed by atoms with Crippen LogP contribution >= 0.6 is 0 Å².